The van der Waals surface area contributed by atoms with Gasteiger partial charge in [0.1, 0.15) is 18.1 Å². The zero-order valence-corrected chi connectivity index (χ0v) is 16.3. The number of para-hydroxylation sites is 1. The predicted molar refractivity (Wildman–Crippen MR) is 108 cm³/mol. The molecule has 2 bridgehead atoms. The number of aryl methyl sites for hydroxylation is 1. The molecular formula is C24H23NO4. The lowest BCUT2D eigenvalue weighted by Crippen LogP contribution is -2.40. The smallest absolute Gasteiger partial charge is 0.313 e. The standard InChI is InChI=1S/C24H23NO4/c1-2-17-10-6-7-11-18(17)25-15-24-13-12-19(29-24)20(21(24)22(25)26)23(27)28-14-16-8-4-3-5-9-16/h3-13,19-21H,2,14-15H2,1H3/t19-,20+,21-,24-/m1/s1. The summed E-state index contributed by atoms with van der Waals surface area (Å²) in [5.74, 6) is -1.56. The first-order chi connectivity index (χ1) is 14.1. The van der Waals surface area contributed by atoms with Crippen LogP contribution in [0.3, 0.4) is 0 Å². The van der Waals surface area contributed by atoms with Gasteiger partial charge in [0.05, 0.1) is 18.6 Å². The van der Waals surface area contributed by atoms with E-state index in [0.29, 0.717) is 6.54 Å². The number of carbonyl (C=O) groups excluding carboxylic acids is 2. The van der Waals surface area contributed by atoms with Crippen molar-refractivity contribution in [2.24, 2.45) is 11.8 Å². The van der Waals surface area contributed by atoms with Crippen LogP contribution < -0.4 is 4.90 Å². The van der Waals surface area contributed by atoms with Crippen LogP contribution in [-0.2, 0) is 32.1 Å². The Kier molecular flexibility index (Phi) is 4.28. The number of esters is 1. The summed E-state index contributed by atoms with van der Waals surface area (Å²) in [6, 6.07) is 17.5. The molecule has 2 aromatic carbocycles. The van der Waals surface area contributed by atoms with Crippen LogP contribution in [0.4, 0.5) is 5.69 Å². The van der Waals surface area contributed by atoms with E-state index in [1.807, 2.05) is 66.7 Å². The number of amides is 1. The number of nitrogens with zero attached hydrogens (tertiary/aromatic N) is 1. The fraction of sp³-hybridized carbons (Fsp3) is 0.333. The van der Waals surface area contributed by atoms with Gasteiger partial charge < -0.3 is 14.4 Å². The number of hydrogen-bond donors (Lipinski definition) is 0. The van der Waals surface area contributed by atoms with Crippen molar-refractivity contribution in [1.29, 1.82) is 0 Å². The van der Waals surface area contributed by atoms with Crippen molar-refractivity contribution in [2.45, 2.75) is 31.7 Å². The van der Waals surface area contributed by atoms with Crippen molar-refractivity contribution in [3.8, 4) is 0 Å². The molecule has 0 aliphatic carbocycles. The highest BCUT2D eigenvalue weighted by molar-refractivity contribution is 6.03. The van der Waals surface area contributed by atoms with E-state index >= 15 is 0 Å². The van der Waals surface area contributed by atoms with Crippen LogP contribution in [0.5, 0.6) is 0 Å². The largest absolute Gasteiger partial charge is 0.460 e. The quantitative estimate of drug-likeness (QED) is 0.582. The van der Waals surface area contributed by atoms with E-state index in [4.69, 9.17) is 9.47 Å². The minimum Gasteiger partial charge on any atom is -0.460 e. The van der Waals surface area contributed by atoms with Gasteiger partial charge in [0.2, 0.25) is 5.91 Å². The minimum atomic E-state index is -0.737. The SMILES string of the molecule is CCc1ccccc1N1C[C@@]23C=C[C@@H](O2)[C@H](C(=O)OCc2ccccc2)[C@@H]3C1=O. The molecule has 0 radical (unpaired) electrons. The molecule has 5 nitrogen and oxygen atoms in total. The molecule has 1 spiro atoms. The molecular weight excluding hydrogens is 366 g/mol. The third-order valence-corrected chi connectivity index (χ3v) is 6.26. The minimum absolute atomic E-state index is 0.0561. The summed E-state index contributed by atoms with van der Waals surface area (Å²) in [4.78, 5) is 28.2. The molecule has 3 aliphatic heterocycles. The Bertz CT molecular complexity index is 985. The van der Waals surface area contributed by atoms with Gasteiger partial charge in [-0.25, -0.2) is 0 Å². The molecule has 0 unspecified atom stereocenters. The van der Waals surface area contributed by atoms with Crippen LogP contribution in [-0.4, -0.2) is 30.1 Å². The number of anilines is 1. The topological polar surface area (TPSA) is 55.8 Å². The van der Waals surface area contributed by atoms with Crippen LogP contribution >= 0.6 is 0 Å². The first kappa shape index (κ1) is 18.1. The lowest BCUT2D eigenvalue weighted by atomic mass is 9.77. The third kappa shape index (κ3) is 2.80. The van der Waals surface area contributed by atoms with Crippen molar-refractivity contribution in [3.63, 3.8) is 0 Å². The Morgan fingerprint density at radius 2 is 1.93 bits per heavy atom. The Morgan fingerprint density at radius 1 is 1.17 bits per heavy atom. The molecule has 29 heavy (non-hydrogen) atoms. The van der Waals surface area contributed by atoms with Gasteiger partial charge in [0.25, 0.3) is 0 Å². The van der Waals surface area contributed by atoms with Crippen molar-refractivity contribution in [2.75, 3.05) is 11.4 Å². The molecule has 0 N–H and O–H groups in total. The van der Waals surface area contributed by atoms with E-state index in [9.17, 15) is 9.59 Å². The maximum Gasteiger partial charge on any atom is 0.313 e. The summed E-state index contributed by atoms with van der Waals surface area (Å²) >= 11 is 0. The van der Waals surface area contributed by atoms with Gasteiger partial charge in [-0.3, -0.25) is 9.59 Å². The average Bonchev–Trinajstić information content (AvgIpc) is 3.41. The van der Waals surface area contributed by atoms with Gasteiger partial charge in [-0.15, -0.1) is 0 Å². The van der Waals surface area contributed by atoms with E-state index in [1.54, 1.807) is 4.90 Å². The van der Waals surface area contributed by atoms with Crippen molar-refractivity contribution >= 4 is 17.6 Å². The number of ether oxygens (including phenoxy) is 2. The maximum atomic E-state index is 13.4. The molecule has 2 saturated heterocycles. The number of hydrogen-bond acceptors (Lipinski definition) is 4. The fourth-order valence-corrected chi connectivity index (χ4v) is 4.87. The summed E-state index contributed by atoms with van der Waals surface area (Å²) in [5.41, 5.74) is 2.20. The zero-order chi connectivity index (χ0) is 20.0. The van der Waals surface area contributed by atoms with E-state index in [-0.39, 0.29) is 18.5 Å². The highest BCUT2D eigenvalue weighted by Crippen LogP contribution is 2.53. The summed E-state index contributed by atoms with van der Waals surface area (Å²) in [6.45, 7) is 2.70. The molecule has 5 rings (SSSR count). The summed E-state index contributed by atoms with van der Waals surface area (Å²) in [6.07, 6.45) is 4.32. The number of rotatable bonds is 5. The highest BCUT2D eigenvalue weighted by atomic mass is 16.6. The van der Waals surface area contributed by atoms with Crippen LogP contribution in [0, 0.1) is 11.8 Å². The van der Waals surface area contributed by atoms with Crippen LogP contribution in [0.2, 0.25) is 0 Å². The molecule has 0 aromatic heterocycles. The van der Waals surface area contributed by atoms with E-state index in [0.717, 1.165) is 23.2 Å². The van der Waals surface area contributed by atoms with Crippen LogP contribution in [0.25, 0.3) is 0 Å². The van der Waals surface area contributed by atoms with Gasteiger partial charge in [-0.2, -0.15) is 0 Å². The second-order valence-corrected chi connectivity index (χ2v) is 7.90. The third-order valence-electron chi connectivity index (χ3n) is 6.26. The van der Waals surface area contributed by atoms with Crippen molar-refractivity contribution < 1.29 is 19.1 Å². The monoisotopic (exact) mass is 389 g/mol. The second kappa shape index (κ2) is 6.85. The predicted octanol–water partition coefficient (Wildman–Crippen LogP) is 3.28. The molecule has 3 heterocycles. The molecule has 148 valence electrons. The molecule has 2 fully saturated rings. The summed E-state index contributed by atoms with van der Waals surface area (Å²) < 4.78 is 11.8. The Labute approximate surface area is 169 Å². The maximum absolute atomic E-state index is 13.4. The summed E-state index contributed by atoms with van der Waals surface area (Å²) in [7, 11) is 0. The Hall–Kier alpha value is -2.92. The first-order valence-corrected chi connectivity index (χ1v) is 10.1. The molecule has 3 aliphatic rings. The molecule has 5 heteroatoms. The fourth-order valence-electron chi connectivity index (χ4n) is 4.87. The van der Waals surface area contributed by atoms with E-state index in [1.165, 1.54) is 0 Å². The number of fused-ring (bicyclic) bond motifs is 1. The Balaban J connectivity index is 1.40. The van der Waals surface area contributed by atoms with Crippen LogP contribution in [0.1, 0.15) is 18.1 Å². The molecule has 1 amide bonds. The van der Waals surface area contributed by atoms with Crippen molar-refractivity contribution in [1.82, 2.24) is 0 Å². The molecule has 2 aromatic rings. The van der Waals surface area contributed by atoms with Gasteiger partial charge in [0.15, 0.2) is 0 Å². The van der Waals surface area contributed by atoms with Gasteiger partial charge in [-0.05, 0) is 23.6 Å². The van der Waals surface area contributed by atoms with Gasteiger partial charge in [-0.1, -0.05) is 67.6 Å². The van der Waals surface area contributed by atoms with Gasteiger partial charge >= 0.3 is 5.97 Å². The normalized spacial score (nSPS) is 29.3. The second-order valence-electron chi connectivity index (χ2n) is 7.90. The Morgan fingerprint density at radius 3 is 2.72 bits per heavy atom. The van der Waals surface area contributed by atoms with Crippen molar-refractivity contribution in [3.05, 3.63) is 77.9 Å². The lowest BCUT2D eigenvalue weighted by molar-refractivity contribution is -0.153. The van der Waals surface area contributed by atoms with Crippen LogP contribution in [0.15, 0.2) is 66.7 Å². The van der Waals surface area contributed by atoms with E-state index < -0.39 is 23.5 Å². The van der Waals surface area contributed by atoms with E-state index in [2.05, 4.69) is 6.92 Å². The molecule has 0 saturated carbocycles. The number of carbonyl (C=O) groups is 2. The zero-order valence-electron chi connectivity index (χ0n) is 16.3. The van der Waals surface area contributed by atoms with Gasteiger partial charge in [0, 0.05) is 5.69 Å². The average molecular weight is 389 g/mol. The number of benzene rings is 2. The molecule has 4 atom stereocenters. The first-order valence-electron chi connectivity index (χ1n) is 10.1. The summed E-state index contributed by atoms with van der Waals surface area (Å²) in [5, 5.41) is 0. The highest BCUT2D eigenvalue weighted by Gasteiger charge is 2.67. The lowest BCUT2D eigenvalue weighted by Gasteiger charge is -2.23.